The molecule has 1 amide bonds. The van der Waals surface area contributed by atoms with Crippen molar-refractivity contribution in [3.05, 3.63) is 16.1 Å². The number of rotatable bonds is 5. The molecule has 20 heavy (non-hydrogen) atoms. The summed E-state index contributed by atoms with van der Waals surface area (Å²) < 4.78 is 22.6. The lowest BCUT2D eigenvalue weighted by molar-refractivity contribution is -0.118. The highest BCUT2D eigenvalue weighted by molar-refractivity contribution is 7.93. The van der Waals surface area contributed by atoms with Gasteiger partial charge in [-0.3, -0.25) is 4.79 Å². The first-order valence-corrected chi connectivity index (χ1v) is 8.23. The zero-order chi connectivity index (χ0) is 15.6. The number of aromatic nitrogens is 1. The van der Waals surface area contributed by atoms with Crippen LogP contribution in [0.5, 0.6) is 0 Å². The van der Waals surface area contributed by atoms with Gasteiger partial charge >= 0.3 is 5.97 Å². The van der Waals surface area contributed by atoms with Gasteiger partial charge in [-0.25, -0.2) is 18.2 Å². The highest BCUT2D eigenvalue weighted by Crippen LogP contribution is 2.15. The molecule has 0 saturated heterocycles. The van der Waals surface area contributed by atoms with Gasteiger partial charge in [0.15, 0.2) is 15.5 Å². The number of thiazole rings is 1. The Balaban J connectivity index is 2.58. The molecule has 7 nitrogen and oxygen atoms in total. The van der Waals surface area contributed by atoms with E-state index in [0.29, 0.717) is 5.01 Å². The first-order chi connectivity index (χ1) is 9.03. The van der Waals surface area contributed by atoms with E-state index in [1.165, 1.54) is 26.2 Å². The van der Waals surface area contributed by atoms with Gasteiger partial charge in [-0.05, 0) is 20.8 Å². The van der Waals surface area contributed by atoms with Crippen LogP contribution in [-0.2, 0) is 21.2 Å². The average molecular weight is 320 g/mol. The second-order valence-electron chi connectivity index (χ2n) is 5.08. The quantitative estimate of drug-likeness (QED) is 0.824. The molecule has 1 aromatic heterocycles. The lowest BCUT2D eigenvalue weighted by atomic mass is 10.3. The standard InChI is InChI=1S/C11H16N2O5S2/c1-11(2,3)20(17,18)6-8(14)12-4-9-13-7(5-19-9)10(15)16/h5H,4,6H2,1-3H3,(H,12,14)(H,15,16). The Labute approximate surface area is 121 Å². The molecule has 0 aliphatic heterocycles. The molecule has 1 rings (SSSR count). The third kappa shape index (κ3) is 4.27. The average Bonchev–Trinajstić information content (AvgIpc) is 2.72. The molecule has 1 aromatic rings. The summed E-state index contributed by atoms with van der Waals surface area (Å²) in [5.41, 5.74) is -0.0958. The van der Waals surface area contributed by atoms with Crippen molar-refractivity contribution in [3.8, 4) is 0 Å². The van der Waals surface area contributed by atoms with E-state index in [0.717, 1.165) is 11.3 Å². The van der Waals surface area contributed by atoms with E-state index in [9.17, 15) is 18.0 Å². The SMILES string of the molecule is CC(C)(C)S(=O)(=O)CC(=O)NCc1nc(C(=O)O)cs1. The van der Waals surface area contributed by atoms with Crippen LogP contribution in [0.25, 0.3) is 0 Å². The predicted molar refractivity (Wildman–Crippen MR) is 74.5 cm³/mol. The summed E-state index contributed by atoms with van der Waals surface area (Å²) in [4.78, 5) is 26.0. The maximum Gasteiger partial charge on any atom is 0.355 e. The van der Waals surface area contributed by atoms with Crippen LogP contribution in [0.2, 0.25) is 0 Å². The monoisotopic (exact) mass is 320 g/mol. The topological polar surface area (TPSA) is 113 Å². The Morgan fingerprint density at radius 1 is 1.40 bits per heavy atom. The summed E-state index contributed by atoms with van der Waals surface area (Å²) in [5, 5.41) is 12.9. The molecule has 0 unspecified atom stereocenters. The Bertz CT molecular complexity index is 613. The van der Waals surface area contributed by atoms with E-state index in [4.69, 9.17) is 5.11 Å². The van der Waals surface area contributed by atoms with Gasteiger partial charge in [0.1, 0.15) is 10.8 Å². The van der Waals surface area contributed by atoms with E-state index >= 15 is 0 Å². The van der Waals surface area contributed by atoms with E-state index < -0.39 is 32.2 Å². The van der Waals surface area contributed by atoms with Gasteiger partial charge in [0, 0.05) is 5.38 Å². The molecule has 0 radical (unpaired) electrons. The molecule has 0 fully saturated rings. The van der Waals surface area contributed by atoms with Crippen molar-refractivity contribution in [2.45, 2.75) is 32.1 Å². The highest BCUT2D eigenvalue weighted by atomic mass is 32.2. The fourth-order valence-electron chi connectivity index (χ4n) is 1.10. The van der Waals surface area contributed by atoms with Gasteiger partial charge in [0.25, 0.3) is 0 Å². The van der Waals surface area contributed by atoms with Crippen LogP contribution in [0.3, 0.4) is 0 Å². The molecule has 112 valence electrons. The predicted octanol–water partition coefficient (Wildman–Crippen LogP) is 0.671. The fourth-order valence-corrected chi connectivity index (χ4v) is 2.69. The summed E-state index contributed by atoms with van der Waals surface area (Å²) >= 11 is 1.09. The Morgan fingerprint density at radius 2 is 2.00 bits per heavy atom. The number of nitrogens with zero attached hydrogens (tertiary/aromatic N) is 1. The first-order valence-electron chi connectivity index (χ1n) is 5.69. The summed E-state index contributed by atoms with van der Waals surface area (Å²) in [7, 11) is -3.53. The maximum absolute atomic E-state index is 11.8. The van der Waals surface area contributed by atoms with Crippen molar-refractivity contribution in [2.24, 2.45) is 0 Å². The number of hydrogen-bond acceptors (Lipinski definition) is 6. The zero-order valence-electron chi connectivity index (χ0n) is 11.3. The van der Waals surface area contributed by atoms with Crippen molar-refractivity contribution >= 4 is 33.1 Å². The molecule has 0 aliphatic carbocycles. The lowest BCUT2D eigenvalue weighted by Gasteiger charge is -2.18. The van der Waals surface area contributed by atoms with Crippen LogP contribution in [-0.4, -0.2) is 40.9 Å². The van der Waals surface area contributed by atoms with Crippen LogP contribution >= 0.6 is 11.3 Å². The van der Waals surface area contributed by atoms with Gasteiger partial charge in [-0.1, -0.05) is 0 Å². The van der Waals surface area contributed by atoms with Crippen molar-refractivity contribution in [1.29, 1.82) is 0 Å². The van der Waals surface area contributed by atoms with Crippen molar-refractivity contribution < 1.29 is 23.1 Å². The minimum absolute atomic E-state index is 0.0104. The number of amides is 1. The molecule has 0 saturated carbocycles. The second kappa shape index (κ2) is 5.88. The lowest BCUT2D eigenvalue weighted by Crippen LogP contribution is -2.38. The van der Waals surface area contributed by atoms with E-state index in [-0.39, 0.29) is 12.2 Å². The number of carbonyl (C=O) groups is 2. The molecule has 0 aromatic carbocycles. The summed E-state index contributed by atoms with van der Waals surface area (Å²) in [5.74, 6) is -2.38. The maximum atomic E-state index is 11.8. The Morgan fingerprint density at radius 3 is 2.45 bits per heavy atom. The third-order valence-corrected chi connectivity index (χ3v) is 5.82. The fraction of sp³-hybridized carbons (Fsp3) is 0.545. The van der Waals surface area contributed by atoms with Gasteiger partial charge in [0.05, 0.1) is 11.3 Å². The smallest absolute Gasteiger partial charge is 0.355 e. The van der Waals surface area contributed by atoms with Crippen LogP contribution in [0.1, 0.15) is 36.3 Å². The number of carbonyl (C=O) groups excluding carboxylic acids is 1. The molecule has 0 atom stereocenters. The van der Waals surface area contributed by atoms with Gasteiger partial charge in [0.2, 0.25) is 5.91 Å². The summed E-state index contributed by atoms with van der Waals surface area (Å²) in [6.45, 7) is 4.58. The molecule has 2 N–H and O–H groups in total. The molecule has 0 spiro atoms. The zero-order valence-corrected chi connectivity index (χ0v) is 13.0. The number of aromatic carboxylic acids is 1. The number of sulfone groups is 1. The minimum Gasteiger partial charge on any atom is -0.476 e. The molecule has 9 heteroatoms. The van der Waals surface area contributed by atoms with Gasteiger partial charge < -0.3 is 10.4 Å². The molecular formula is C11H16N2O5S2. The van der Waals surface area contributed by atoms with Crippen LogP contribution in [0, 0.1) is 0 Å². The largest absolute Gasteiger partial charge is 0.476 e. The van der Waals surface area contributed by atoms with E-state index in [2.05, 4.69) is 10.3 Å². The van der Waals surface area contributed by atoms with Crippen molar-refractivity contribution in [3.63, 3.8) is 0 Å². The summed E-state index contributed by atoms with van der Waals surface area (Å²) in [6, 6.07) is 0. The Hall–Kier alpha value is -1.48. The number of carboxylic acids is 1. The first kappa shape index (κ1) is 16.6. The second-order valence-corrected chi connectivity index (χ2v) is 8.77. The van der Waals surface area contributed by atoms with Gasteiger partial charge in [-0.2, -0.15) is 0 Å². The van der Waals surface area contributed by atoms with E-state index in [1.807, 2.05) is 0 Å². The van der Waals surface area contributed by atoms with Crippen molar-refractivity contribution in [1.82, 2.24) is 10.3 Å². The van der Waals surface area contributed by atoms with Crippen LogP contribution in [0.4, 0.5) is 0 Å². The molecule has 0 bridgehead atoms. The van der Waals surface area contributed by atoms with E-state index in [1.54, 1.807) is 0 Å². The summed E-state index contributed by atoms with van der Waals surface area (Å²) in [6.07, 6.45) is 0. The molecule has 1 heterocycles. The number of hydrogen-bond donors (Lipinski definition) is 2. The highest BCUT2D eigenvalue weighted by Gasteiger charge is 2.31. The Kier molecular flexibility index (Phi) is 4.87. The number of carboxylic acid groups (broad SMARTS) is 1. The molecule has 0 aliphatic rings. The van der Waals surface area contributed by atoms with Crippen molar-refractivity contribution in [2.75, 3.05) is 5.75 Å². The number of nitrogens with one attached hydrogen (secondary N) is 1. The van der Waals surface area contributed by atoms with Crippen LogP contribution < -0.4 is 5.32 Å². The minimum atomic E-state index is -3.53. The van der Waals surface area contributed by atoms with Crippen LogP contribution in [0.15, 0.2) is 5.38 Å². The van der Waals surface area contributed by atoms with Gasteiger partial charge in [-0.15, -0.1) is 11.3 Å². The normalized spacial score (nSPS) is 12.2. The molecular weight excluding hydrogens is 304 g/mol. The third-order valence-electron chi connectivity index (χ3n) is 2.46.